The van der Waals surface area contributed by atoms with Crippen LogP contribution < -0.4 is 5.32 Å². The maximum absolute atomic E-state index is 11.6. The molecule has 0 aliphatic heterocycles. The lowest BCUT2D eigenvalue weighted by atomic mass is 10.2. The standard InChI is InChI=1S/C11H17ClN2O2S/c1-4-16-10(15)9-8(5-12)14-11(17-9)13-6-7(2)3/h7H,4-6H2,1-3H3,(H,13,14). The molecule has 96 valence electrons. The molecule has 1 rings (SSSR count). The summed E-state index contributed by atoms with van der Waals surface area (Å²) in [6.07, 6.45) is 0. The molecule has 1 aromatic rings. The number of halogens is 1. The first kappa shape index (κ1) is 14.3. The van der Waals surface area contributed by atoms with E-state index in [4.69, 9.17) is 16.3 Å². The highest BCUT2D eigenvalue weighted by molar-refractivity contribution is 7.17. The fourth-order valence-corrected chi connectivity index (χ4v) is 2.32. The Kier molecular flexibility index (Phi) is 5.71. The molecule has 1 N–H and O–H groups in total. The Bertz CT molecular complexity index is 380. The van der Waals surface area contributed by atoms with Crippen molar-refractivity contribution in [3.63, 3.8) is 0 Å². The van der Waals surface area contributed by atoms with Gasteiger partial charge < -0.3 is 10.1 Å². The van der Waals surface area contributed by atoms with E-state index in [1.54, 1.807) is 6.92 Å². The number of thiazole rings is 1. The largest absolute Gasteiger partial charge is 0.462 e. The number of aromatic nitrogens is 1. The monoisotopic (exact) mass is 276 g/mol. The van der Waals surface area contributed by atoms with E-state index in [0.717, 1.165) is 11.7 Å². The third kappa shape index (κ3) is 4.16. The first-order chi connectivity index (χ1) is 8.08. The van der Waals surface area contributed by atoms with E-state index in [-0.39, 0.29) is 11.8 Å². The number of carbonyl (C=O) groups excluding carboxylic acids is 1. The molecule has 0 spiro atoms. The normalized spacial score (nSPS) is 10.6. The zero-order chi connectivity index (χ0) is 12.8. The molecule has 4 nitrogen and oxygen atoms in total. The number of ether oxygens (including phenoxy) is 1. The number of nitrogens with one attached hydrogen (secondary N) is 1. The SMILES string of the molecule is CCOC(=O)c1sc(NCC(C)C)nc1CCl. The number of rotatable bonds is 6. The minimum absolute atomic E-state index is 0.216. The average molecular weight is 277 g/mol. The number of carbonyl (C=O) groups is 1. The quantitative estimate of drug-likeness (QED) is 0.641. The van der Waals surface area contributed by atoms with Crippen LogP contribution in [0.25, 0.3) is 0 Å². The third-order valence-electron chi connectivity index (χ3n) is 1.95. The Balaban J connectivity index is 2.79. The maximum Gasteiger partial charge on any atom is 0.350 e. The molecule has 0 aromatic carbocycles. The van der Waals surface area contributed by atoms with Gasteiger partial charge in [0.05, 0.1) is 18.2 Å². The molecule has 17 heavy (non-hydrogen) atoms. The smallest absolute Gasteiger partial charge is 0.350 e. The van der Waals surface area contributed by atoms with Crippen LogP contribution in [-0.4, -0.2) is 24.1 Å². The molecule has 0 radical (unpaired) electrons. The molecule has 0 saturated heterocycles. The van der Waals surface area contributed by atoms with Crippen molar-refractivity contribution in [3.8, 4) is 0 Å². The van der Waals surface area contributed by atoms with Gasteiger partial charge in [0, 0.05) is 6.54 Å². The van der Waals surface area contributed by atoms with E-state index < -0.39 is 0 Å². The second kappa shape index (κ2) is 6.81. The lowest BCUT2D eigenvalue weighted by Gasteiger charge is -2.04. The number of alkyl halides is 1. The zero-order valence-corrected chi connectivity index (χ0v) is 11.8. The molecule has 0 aliphatic carbocycles. The molecule has 0 aliphatic rings. The molecule has 0 unspecified atom stereocenters. The van der Waals surface area contributed by atoms with E-state index in [0.29, 0.717) is 23.1 Å². The topological polar surface area (TPSA) is 51.2 Å². The summed E-state index contributed by atoms with van der Waals surface area (Å²) in [5.74, 6) is 0.385. The maximum atomic E-state index is 11.6. The van der Waals surface area contributed by atoms with Crippen molar-refractivity contribution in [2.24, 2.45) is 5.92 Å². The van der Waals surface area contributed by atoms with Crippen LogP contribution in [0.3, 0.4) is 0 Å². The molecule has 0 saturated carbocycles. The summed E-state index contributed by atoms with van der Waals surface area (Å²) >= 11 is 7.05. The predicted molar refractivity (Wildman–Crippen MR) is 71.0 cm³/mol. The van der Waals surface area contributed by atoms with Crippen LogP contribution in [0.1, 0.15) is 36.1 Å². The fourth-order valence-electron chi connectivity index (χ4n) is 1.17. The van der Waals surface area contributed by atoms with Gasteiger partial charge in [0.1, 0.15) is 4.88 Å². The van der Waals surface area contributed by atoms with Gasteiger partial charge in [-0.15, -0.1) is 11.6 Å². The summed E-state index contributed by atoms with van der Waals surface area (Å²) in [6.45, 7) is 7.16. The minimum atomic E-state index is -0.349. The highest BCUT2D eigenvalue weighted by Gasteiger charge is 2.18. The molecular weight excluding hydrogens is 260 g/mol. The van der Waals surface area contributed by atoms with Gasteiger partial charge in [0.2, 0.25) is 0 Å². The highest BCUT2D eigenvalue weighted by atomic mass is 35.5. The predicted octanol–water partition coefficient (Wildman–Crippen LogP) is 3.13. The van der Waals surface area contributed by atoms with Crippen molar-refractivity contribution in [1.82, 2.24) is 4.98 Å². The van der Waals surface area contributed by atoms with E-state index in [9.17, 15) is 4.79 Å². The molecule has 1 heterocycles. The lowest BCUT2D eigenvalue weighted by Crippen LogP contribution is -2.07. The van der Waals surface area contributed by atoms with Crippen molar-refractivity contribution in [3.05, 3.63) is 10.6 Å². The van der Waals surface area contributed by atoms with Gasteiger partial charge in [0.15, 0.2) is 5.13 Å². The summed E-state index contributed by atoms with van der Waals surface area (Å²) < 4.78 is 4.95. The van der Waals surface area contributed by atoms with Gasteiger partial charge in [-0.3, -0.25) is 0 Å². The Morgan fingerprint density at radius 1 is 1.59 bits per heavy atom. The number of nitrogens with zero attached hydrogens (tertiary/aromatic N) is 1. The van der Waals surface area contributed by atoms with Crippen molar-refractivity contribution < 1.29 is 9.53 Å². The number of esters is 1. The Labute approximate surface area is 110 Å². The molecule has 0 bridgehead atoms. The third-order valence-corrected chi connectivity index (χ3v) is 3.23. The molecule has 0 fully saturated rings. The van der Waals surface area contributed by atoms with E-state index in [1.165, 1.54) is 11.3 Å². The van der Waals surface area contributed by atoms with Crippen LogP contribution in [0.2, 0.25) is 0 Å². The number of hydrogen-bond donors (Lipinski definition) is 1. The molecule has 1 aromatic heterocycles. The van der Waals surface area contributed by atoms with Gasteiger partial charge >= 0.3 is 5.97 Å². The Morgan fingerprint density at radius 3 is 2.82 bits per heavy atom. The Morgan fingerprint density at radius 2 is 2.29 bits per heavy atom. The first-order valence-electron chi connectivity index (χ1n) is 5.55. The van der Waals surface area contributed by atoms with Crippen LogP contribution in [0, 0.1) is 5.92 Å². The van der Waals surface area contributed by atoms with Crippen LogP contribution in [0.5, 0.6) is 0 Å². The minimum Gasteiger partial charge on any atom is -0.462 e. The van der Waals surface area contributed by atoms with Gasteiger partial charge in [-0.25, -0.2) is 9.78 Å². The lowest BCUT2D eigenvalue weighted by molar-refractivity contribution is 0.0531. The molecular formula is C11H17ClN2O2S. The van der Waals surface area contributed by atoms with Gasteiger partial charge in [-0.05, 0) is 12.8 Å². The summed E-state index contributed by atoms with van der Waals surface area (Å²) in [6, 6.07) is 0. The van der Waals surface area contributed by atoms with Crippen molar-refractivity contribution in [1.29, 1.82) is 0 Å². The van der Waals surface area contributed by atoms with E-state index in [1.807, 2.05) is 0 Å². The van der Waals surface area contributed by atoms with E-state index >= 15 is 0 Å². The fraction of sp³-hybridized carbons (Fsp3) is 0.636. The second-order valence-corrected chi connectivity index (χ2v) is 5.19. The molecule has 0 atom stereocenters. The highest BCUT2D eigenvalue weighted by Crippen LogP contribution is 2.25. The van der Waals surface area contributed by atoms with Gasteiger partial charge in [-0.2, -0.15) is 0 Å². The molecule has 0 amide bonds. The van der Waals surface area contributed by atoms with Crippen molar-refractivity contribution in [2.45, 2.75) is 26.7 Å². The average Bonchev–Trinajstić information content (AvgIpc) is 2.70. The van der Waals surface area contributed by atoms with Crippen LogP contribution in [-0.2, 0) is 10.6 Å². The zero-order valence-electron chi connectivity index (χ0n) is 10.2. The Hall–Kier alpha value is -0.810. The summed E-state index contributed by atoms with van der Waals surface area (Å²) in [5.41, 5.74) is 0.585. The summed E-state index contributed by atoms with van der Waals surface area (Å²) in [7, 11) is 0. The van der Waals surface area contributed by atoms with Crippen LogP contribution >= 0.6 is 22.9 Å². The van der Waals surface area contributed by atoms with Crippen LogP contribution in [0.15, 0.2) is 0 Å². The van der Waals surface area contributed by atoms with Crippen LogP contribution in [0.4, 0.5) is 5.13 Å². The van der Waals surface area contributed by atoms with Gasteiger partial charge in [0.25, 0.3) is 0 Å². The second-order valence-electron chi connectivity index (χ2n) is 3.92. The van der Waals surface area contributed by atoms with Crippen molar-refractivity contribution in [2.75, 3.05) is 18.5 Å². The van der Waals surface area contributed by atoms with Crippen molar-refractivity contribution >= 4 is 34.0 Å². The number of anilines is 1. The summed E-state index contributed by atoms with van der Waals surface area (Å²) in [4.78, 5) is 16.4. The van der Waals surface area contributed by atoms with Gasteiger partial charge in [-0.1, -0.05) is 25.2 Å². The molecule has 6 heteroatoms. The summed E-state index contributed by atoms with van der Waals surface area (Å²) in [5, 5.41) is 3.90. The number of hydrogen-bond acceptors (Lipinski definition) is 5. The van der Waals surface area contributed by atoms with E-state index in [2.05, 4.69) is 24.1 Å². The first-order valence-corrected chi connectivity index (χ1v) is 6.90.